The SMILES string of the molecule is O=C(NN=Cc1cc2ccccc2nc1Cl)c1ccccc1NS(=O)(=O)c1ccc(Cl)cc1. The highest BCUT2D eigenvalue weighted by Gasteiger charge is 2.18. The van der Waals surface area contributed by atoms with Crippen LogP contribution in [-0.2, 0) is 10.0 Å². The number of nitrogens with one attached hydrogen (secondary N) is 2. The Labute approximate surface area is 200 Å². The minimum absolute atomic E-state index is 0.0126. The standard InChI is InChI=1S/C23H16Cl2N4O3S/c24-17-9-11-18(12-10-17)33(31,32)29-21-8-4-2-6-19(21)23(30)28-26-14-16-13-15-5-1-3-7-20(15)27-22(16)25/h1-14,29H,(H,28,30). The van der Waals surface area contributed by atoms with E-state index < -0.39 is 15.9 Å². The summed E-state index contributed by atoms with van der Waals surface area (Å²) in [5, 5.41) is 5.47. The summed E-state index contributed by atoms with van der Waals surface area (Å²) in [5.41, 5.74) is 3.84. The predicted molar refractivity (Wildman–Crippen MR) is 131 cm³/mol. The number of carbonyl (C=O) groups is 1. The minimum Gasteiger partial charge on any atom is -0.279 e. The Bertz CT molecular complexity index is 1470. The van der Waals surface area contributed by atoms with E-state index in [2.05, 4.69) is 20.2 Å². The molecule has 0 fully saturated rings. The van der Waals surface area contributed by atoms with Gasteiger partial charge in [-0.1, -0.05) is 53.5 Å². The largest absolute Gasteiger partial charge is 0.279 e. The summed E-state index contributed by atoms with van der Waals surface area (Å²) in [4.78, 5) is 17.0. The number of para-hydroxylation sites is 2. The number of sulfonamides is 1. The molecule has 0 radical (unpaired) electrons. The van der Waals surface area contributed by atoms with Crippen molar-refractivity contribution in [1.29, 1.82) is 0 Å². The number of carbonyl (C=O) groups excluding carboxylic acids is 1. The van der Waals surface area contributed by atoms with Crippen LogP contribution in [0.25, 0.3) is 10.9 Å². The third-order valence-corrected chi connectivity index (χ3v) is 6.55. The van der Waals surface area contributed by atoms with Gasteiger partial charge < -0.3 is 0 Å². The number of fused-ring (bicyclic) bond motifs is 1. The molecule has 0 aliphatic carbocycles. The van der Waals surface area contributed by atoms with Crippen molar-refractivity contribution in [2.45, 2.75) is 4.90 Å². The number of hydrazone groups is 1. The molecule has 0 aliphatic heterocycles. The molecule has 33 heavy (non-hydrogen) atoms. The van der Waals surface area contributed by atoms with Gasteiger partial charge in [-0.15, -0.1) is 0 Å². The van der Waals surface area contributed by atoms with Gasteiger partial charge >= 0.3 is 0 Å². The number of pyridine rings is 1. The highest BCUT2D eigenvalue weighted by Crippen LogP contribution is 2.22. The maximum Gasteiger partial charge on any atom is 0.273 e. The van der Waals surface area contributed by atoms with Gasteiger partial charge in [-0.3, -0.25) is 9.52 Å². The third-order valence-electron chi connectivity index (χ3n) is 4.61. The maximum atomic E-state index is 12.7. The average molecular weight is 499 g/mol. The van der Waals surface area contributed by atoms with Gasteiger partial charge in [-0.25, -0.2) is 18.8 Å². The minimum atomic E-state index is -3.93. The Hall–Kier alpha value is -3.46. The lowest BCUT2D eigenvalue weighted by atomic mass is 10.2. The Morgan fingerprint density at radius 2 is 1.64 bits per heavy atom. The molecule has 1 heterocycles. The molecule has 0 spiro atoms. The number of halogens is 2. The lowest BCUT2D eigenvalue weighted by Gasteiger charge is -2.12. The van der Waals surface area contributed by atoms with Crippen LogP contribution in [0.2, 0.25) is 10.2 Å². The van der Waals surface area contributed by atoms with Gasteiger partial charge in [0, 0.05) is 16.0 Å². The van der Waals surface area contributed by atoms with Gasteiger partial charge in [0.05, 0.1) is 27.9 Å². The molecule has 0 bridgehead atoms. The Morgan fingerprint density at radius 1 is 0.939 bits per heavy atom. The number of hydrogen-bond donors (Lipinski definition) is 2. The van der Waals surface area contributed by atoms with E-state index in [9.17, 15) is 13.2 Å². The van der Waals surface area contributed by atoms with Crippen molar-refractivity contribution in [3.8, 4) is 0 Å². The second-order valence-electron chi connectivity index (χ2n) is 6.87. The maximum absolute atomic E-state index is 12.7. The molecular formula is C23H16Cl2N4O3S. The van der Waals surface area contributed by atoms with Crippen molar-refractivity contribution >= 4 is 61.9 Å². The zero-order chi connectivity index (χ0) is 23.4. The first-order chi connectivity index (χ1) is 15.8. The summed E-state index contributed by atoms with van der Waals surface area (Å²) in [6, 6.07) is 21.1. The summed E-state index contributed by atoms with van der Waals surface area (Å²) < 4.78 is 27.8. The van der Waals surface area contributed by atoms with Crippen molar-refractivity contribution in [2.24, 2.45) is 5.10 Å². The van der Waals surface area contributed by atoms with Gasteiger partial charge in [0.15, 0.2) is 0 Å². The van der Waals surface area contributed by atoms with Crippen LogP contribution in [0, 0.1) is 0 Å². The molecule has 0 saturated heterocycles. The Morgan fingerprint density at radius 3 is 2.42 bits per heavy atom. The number of amides is 1. The molecule has 0 unspecified atom stereocenters. The van der Waals surface area contributed by atoms with Gasteiger partial charge in [0.25, 0.3) is 15.9 Å². The number of anilines is 1. The van der Waals surface area contributed by atoms with Gasteiger partial charge in [-0.05, 0) is 48.5 Å². The van der Waals surface area contributed by atoms with Crippen LogP contribution in [0.15, 0.2) is 88.9 Å². The second kappa shape index (κ2) is 9.58. The first-order valence-corrected chi connectivity index (χ1v) is 11.8. The zero-order valence-electron chi connectivity index (χ0n) is 16.9. The zero-order valence-corrected chi connectivity index (χ0v) is 19.2. The fourth-order valence-electron chi connectivity index (χ4n) is 3.01. The summed E-state index contributed by atoms with van der Waals surface area (Å²) in [6.45, 7) is 0. The normalized spacial score (nSPS) is 11.6. The number of hydrogen-bond acceptors (Lipinski definition) is 5. The number of rotatable bonds is 6. The van der Waals surface area contributed by atoms with Gasteiger partial charge in [0.1, 0.15) is 5.15 Å². The van der Waals surface area contributed by atoms with Crippen molar-refractivity contribution in [3.05, 3.63) is 100 Å². The molecule has 0 atom stereocenters. The molecule has 1 amide bonds. The molecule has 1 aromatic heterocycles. The van der Waals surface area contributed by atoms with Crippen LogP contribution in [0.3, 0.4) is 0 Å². The lowest BCUT2D eigenvalue weighted by molar-refractivity contribution is 0.0956. The van der Waals surface area contributed by atoms with E-state index in [1.54, 1.807) is 18.2 Å². The quantitative estimate of drug-likeness (QED) is 0.219. The van der Waals surface area contributed by atoms with Crippen molar-refractivity contribution in [1.82, 2.24) is 10.4 Å². The average Bonchev–Trinajstić information content (AvgIpc) is 2.79. The van der Waals surface area contributed by atoms with E-state index in [0.717, 1.165) is 10.9 Å². The number of nitrogens with zero attached hydrogens (tertiary/aromatic N) is 2. The third kappa shape index (κ3) is 5.31. The summed E-state index contributed by atoms with van der Waals surface area (Å²) in [6.07, 6.45) is 1.38. The monoisotopic (exact) mass is 498 g/mol. The predicted octanol–water partition coefficient (Wildman–Crippen LogP) is 5.11. The van der Waals surface area contributed by atoms with Crippen LogP contribution < -0.4 is 10.1 Å². The van der Waals surface area contributed by atoms with Crippen LogP contribution >= 0.6 is 23.2 Å². The van der Waals surface area contributed by atoms with Gasteiger partial charge in [0.2, 0.25) is 0 Å². The molecule has 166 valence electrons. The van der Waals surface area contributed by atoms with Crippen LogP contribution in [0.4, 0.5) is 5.69 Å². The Balaban J connectivity index is 1.53. The van der Waals surface area contributed by atoms with E-state index >= 15 is 0 Å². The smallest absolute Gasteiger partial charge is 0.273 e. The van der Waals surface area contributed by atoms with E-state index in [0.29, 0.717) is 10.6 Å². The van der Waals surface area contributed by atoms with E-state index in [1.165, 1.54) is 42.6 Å². The molecule has 10 heteroatoms. The van der Waals surface area contributed by atoms with Gasteiger partial charge in [-0.2, -0.15) is 5.10 Å². The topological polar surface area (TPSA) is 101 Å². The summed E-state index contributed by atoms with van der Waals surface area (Å²) >= 11 is 12.0. The first kappa shape index (κ1) is 22.7. The van der Waals surface area contributed by atoms with Crippen molar-refractivity contribution in [2.75, 3.05) is 4.72 Å². The highest BCUT2D eigenvalue weighted by atomic mass is 35.5. The first-order valence-electron chi connectivity index (χ1n) is 9.59. The van der Waals surface area contributed by atoms with Crippen LogP contribution in [0.5, 0.6) is 0 Å². The summed E-state index contributed by atoms with van der Waals surface area (Å²) in [5.74, 6) is -0.606. The fourth-order valence-corrected chi connectivity index (χ4v) is 4.41. The Kier molecular flexibility index (Phi) is 6.60. The van der Waals surface area contributed by atoms with E-state index in [4.69, 9.17) is 23.2 Å². The number of benzene rings is 3. The van der Waals surface area contributed by atoms with Crippen LogP contribution in [0.1, 0.15) is 15.9 Å². The molecule has 2 N–H and O–H groups in total. The van der Waals surface area contributed by atoms with Crippen molar-refractivity contribution < 1.29 is 13.2 Å². The molecule has 4 aromatic rings. The molecular weight excluding hydrogens is 483 g/mol. The molecule has 4 rings (SSSR count). The molecule has 3 aromatic carbocycles. The summed E-state index contributed by atoms with van der Waals surface area (Å²) in [7, 11) is -3.93. The molecule has 0 aliphatic rings. The highest BCUT2D eigenvalue weighted by molar-refractivity contribution is 7.92. The lowest BCUT2D eigenvalue weighted by Crippen LogP contribution is -2.21. The number of aromatic nitrogens is 1. The molecule has 7 nitrogen and oxygen atoms in total. The molecule has 0 saturated carbocycles. The van der Waals surface area contributed by atoms with Crippen LogP contribution in [-0.4, -0.2) is 25.5 Å². The van der Waals surface area contributed by atoms with Crippen molar-refractivity contribution in [3.63, 3.8) is 0 Å². The second-order valence-corrected chi connectivity index (χ2v) is 9.34. The van der Waals surface area contributed by atoms with E-state index in [1.807, 2.05) is 24.3 Å². The fraction of sp³-hybridized carbons (Fsp3) is 0. The van der Waals surface area contributed by atoms with E-state index in [-0.39, 0.29) is 21.3 Å².